The minimum Gasteiger partial charge on any atom is -0.488 e. The van der Waals surface area contributed by atoms with Crippen LogP contribution in [-0.2, 0) is 15.3 Å². The summed E-state index contributed by atoms with van der Waals surface area (Å²) in [5.74, 6) is 2.02. The van der Waals surface area contributed by atoms with Crippen LogP contribution in [-0.4, -0.2) is 14.0 Å². The third-order valence-corrected chi connectivity index (χ3v) is 12.4. The Hall–Kier alpha value is -7.09. The zero-order chi connectivity index (χ0) is 44.2. The largest absolute Gasteiger partial charge is 0.488 e. The highest BCUT2D eigenvalue weighted by Gasteiger charge is 2.21. The van der Waals surface area contributed by atoms with Gasteiger partial charge >= 0.3 is 0 Å². The van der Waals surface area contributed by atoms with Crippen molar-refractivity contribution < 1.29 is 17.9 Å². The molecule has 0 radical (unpaired) electrons. The average Bonchev–Trinajstić information content (AvgIpc) is 3.28. The first-order valence-corrected chi connectivity index (χ1v) is 22.6. The Morgan fingerprint density at radius 3 is 1.05 bits per heavy atom. The molecule has 8 aromatic rings. The van der Waals surface area contributed by atoms with Crippen molar-refractivity contribution in [2.45, 2.75) is 62.3 Å². The molecule has 0 atom stereocenters. The predicted octanol–water partition coefficient (Wildman–Crippen LogP) is 15.4. The number of hydrogen-bond acceptors (Lipinski definition) is 6. The van der Waals surface area contributed by atoms with Gasteiger partial charge in [-0.2, -0.15) is 0 Å². The van der Waals surface area contributed by atoms with E-state index in [2.05, 4.69) is 148 Å². The number of anilines is 6. The molecule has 0 amide bonds. The molecule has 8 aromatic carbocycles. The highest BCUT2D eigenvalue weighted by atomic mass is 32.2. The fourth-order valence-electron chi connectivity index (χ4n) is 7.43. The van der Waals surface area contributed by atoms with Gasteiger partial charge in [0.15, 0.2) is 0 Å². The number of hydrogen-bond donors (Lipinski definition) is 0. The van der Waals surface area contributed by atoms with Crippen LogP contribution in [0.25, 0.3) is 11.1 Å². The number of sulfone groups is 1. The van der Waals surface area contributed by atoms with Gasteiger partial charge in [0.25, 0.3) is 0 Å². The fourth-order valence-corrected chi connectivity index (χ4v) is 8.69. The van der Waals surface area contributed by atoms with Crippen LogP contribution < -0.4 is 19.3 Å². The van der Waals surface area contributed by atoms with Gasteiger partial charge in [0.2, 0.25) is 9.84 Å². The lowest BCUT2D eigenvalue weighted by Gasteiger charge is -2.27. The molecule has 0 heterocycles. The molecule has 63 heavy (non-hydrogen) atoms. The van der Waals surface area contributed by atoms with Crippen LogP contribution in [0, 0.1) is 0 Å². The SMILES string of the molecule is CC(C)(C)Oc1ccc(N(c2ccccc2)c2ccc(-c3ccc(N(c4ccccc4)c4ccc(Oc5ccc(S(=O)(=O)c6ccc(C(C)(C)C)cc6)cc5)cc4)cc3)cc2)cc1. The highest BCUT2D eigenvalue weighted by molar-refractivity contribution is 7.91. The standard InChI is InChI=1S/C56H52N2O4S/c1-55(2,3)43-21-37-53(38-22-43)63(59,60)54-39-35-51(36-40-54)61-50-31-27-48(28-32-50)57(44-13-9-7-10-14-44)46-23-17-41(18-24-46)42-19-25-47(26-20-42)58(45-15-11-8-12-16-45)49-29-33-52(34-30-49)62-56(4,5)6/h7-40H,1-6H3. The van der Waals surface area contributed by atoms with Crippen LogP contribution >= 0.6 is 0 Å². The van der Waals surface area contributed by atoms with Crippen LogP contribution in [0.5, 0.6) is 17.2 Å². The first kappa shape index (κ1) is 42.6. The maximum atomic E-state index is 13.4. The van der Waals surface area contributed by atoms with Gasteiger partial charge in [0, 0.05) is 34.1 Å². The molecule has 0 spiro atoms. The van der Waals surface area contributed by atoms with Gasteiger partial charge in [-0.15, -0.1) is 0 Å². The summed E-state index contributed by atoms with van der Waals surface area (Å²) >= 11 is 0. The lowest BCUT2D eigenvalue weighted by Crippen LogP contribution is -2.22. The van der Waals surface area contributed by atoms with Crippen molar-refractivity contribution in [2.24, 2.45) is 0 Å². The number of ether oxygens (including phenoxy) is 2. The molecule has 0 aliphatic rings. The topological polar surface area (TPSA) is 59.1 Å². The van der Waals surface area contributed by atoms with Crippen molar-refractivity contribution in [1.82, 2.24) is 0 Å². The molecular weight excluding hydrogens is 797 g/mol. The van der Waals surface area contributed by atoms with E-state index in [1.54, 1.807) is 36.4 Å². The molecule has 0 unspecified atom stereocenters. The summed E-state index contributed by atoms with van der Waals surface area (Å²) in [4.78, 5) is 4.94. The quantitative estimate of drug-likeness (QED) is 0.122. The summed E-state index contributed by atoms with van der Waals surface area (Å²) in [6.07, 6.45) is 0. The molecule has 8 rings (SSSR count). The minimum absolute atomic E-state index is 0.0640. The summed E-state index contributed by atoms with van der Waals surface area (Å²) in [6.45, 7) is 12.5. The predicted molar refractivity (Wildman–Crippen MR) is 259 cm³/mol. The molecule has 0 aliphatic carbocycles. The second kappa shape index (κ2) is 17.7. The number of rotatable bonds is 12. The van der Waals surface area contributed by atoms with Crippen LogP contribution in [0.15, 0.2) is 216 Å². The molecule has 6 nitrogen and oxygen atoms in total. The Labute approximate surface area is 372 Å². The Morgan fingerprint density at radius 2 is 0.683 bits per heavy atom. The third-order valence-electron chi connectivity index (χ3n) is 10.6. The molecule has 0 aliphatic heterocycles. The molecule has 0 N–H and O–H groups in total. The van der Waals surface area contributed by atoms with Gasteiger partial charge in [-0.3, -0.25) is 0 Å². The van der Waals surface area contributed by atoms with E-state index in [-0.39, 0.29) is 20.8 Å². The zero-order valence-electron chi connectivity index (χ0n) is 36.6. The molecule has 0 bridgehead atoms. The van der Waals surface area contributed by atoms with Crippen molar-refractivity contribution >= 4 is 44.0 Å². The Bertz CT molecular complexity index is 2850. The second-order valence-electron chi connectivity index (χ2n) is 17.5. The average molecular weight is 849 g/mol. The molecular formula is C56H52N2O4S. The van der Waals surface area contributed by atoms with Gasteiger partial charge in [0.1, 0.15) is 22.8 Å². The van der Waals surface area contributed by atoms with Crippen molar-refractivity contribution in [1.29, 1.82) is 0 Å². The highest BCUT2D eigenvalue weighted by Crippen LogP contribution is 2.39. The molecule has 7 heteroatoms. The smallest absolute Gasteiger partial charge is 0.206 e. The maximum Gasteiger partial charge on any atom is 0.206 e. The first-order valence-electron chi connectivity index (χ1n) is 21.1. The summed E-state index contributed by atoms with van der Waals surface area (Å²) in [5, 5.41) is 0. The van der Waals surface area contributed by atoms with E-state index in [4.69, 9.17) is 9.47 Å². The normalized spacial score (nSPS) is 11.8. The van der Waals surface area contributed by atoms with Gasteiger partial charge in [-0.25, -0.2) is 8.42 Å². The van der Waals surface area contributed by atoms with Gasteiger partial charge in [-0.1, -0.05) is 93.6 Å². The van der Waals surface area contributed by atoms with Crippen LogP contribution in [0.3, 0.4) is 0 Å². The zero-order valence-corrected chi connectivity index (χ0v) is 37.4. The van der Waals surface area contributed by atoms with Gasteiger partial charge in [0.05, 0.1) is 9.79 Å². The Balaban J connectivity index is 0.989. The molecule has 316 valence electrons. The summed E-state index contributed by atoms with van der Waals surface area (Å²) in [7, 11) is -3.67. The summed E-state index contributed by atoms with van der Waals surface area (Å²) in [6, 6.07) is 67.8. The minimum atomic E-state index is -3.67. The first-order chi connectivity index (χ1) is 30.2. The molecule has 0 fully saturated rings. The lowest BCUT2D eigenvalue weighted by molar-refractivity contribution is 0.131. The summed E-state index contributed by atoms with van der Waals surface area (Å²) in [5.41, 5.74) is 9.11. The van der Waals surface area contributed by atoms with E-state index < -0.39 is 9.84 Å². The van der Waals surface area contributed by atoms with Crippen LogP contribution in [0.1, 0.15) is 47.1 Å². The molecule has 0 saturated carbocycles. The van der Waals surface area contributed by atoms with Crippen molar-refractivity contribution in [3.05, 3.63) is 212 Å². The van der Waals surface area contributed by atoms with Gasteiger partial charge < -0.3 is 19.3 Å². The van der Waals surface area contributed by atoms with E-state index >= 15 is 0 Å². The Kier molecular flexibility index (Phi) is 12.0. The van der Waals surface area contributed by atoms with Crippen molar-refractivity contribution in [2.75, 3.05) is 9.80 Å². The third kappa shape index (κ3) is 10.0. The van der Waals surface area contributed by atoms with Gasteiger partial charge in [-0.05, 0) is 176 Å². The monoisotopic (exact) mass is 848 g/mol. The van der Waals surface area contributed by atoms with E-state index in [1.807, 2.05) is 72.8 Å². The fraction of sp³-hybridized carbons (Fsp3) is 0.143. The number of para-hydroxylation sites is 2. The molecule has 0 saturated heterocycles. The van der Waals surface area contributed by atoms with Crippen molar-refractivity contribution in [3.8, 4) is 28.4 Å². The second-order valence-corrected chi connectivity index (χ2v) is 19.4. The van der Waals surface area contributed by atoms with Crippen LogP contribution in [0.4, 0.5) is 34.1 Å². The van der Waals surface area contributed by atoms with E-state index in [9.17, 15) is 8.42 Å². The molecule has 0 aromatic heterocycles. The number of nitrogens with zero attached hydrogens (tertiary/aromatic N) is 2. The van der Waals surface area contributed by atoms with Crippen LogP contribution in [0.2, 0.25) is 0 Å². The Morgan fingerprint density at radius 1 is 0.365 bits per heavy atom. The number of benzene rings is 8. The summed E-state index contributed by atoms with van der Waals surface area (Å²) < 4.78 is 39.1. The lowest BCUT2D eigenvalue weighted by atomic mass is 9.87. The van der Waals surface area contributed by atoms with E-state index in [0.29, 0.717) is 11.5 Å². The van der Waals surface area contributed by atoms with E-state index in [0.717, 1.165) is 56.6 Å². The van der Waals surface area contributed by atoms with Crippen molar-refractivity contribution in [3.63, 3.8) is 0 Å². The maximum absolute atomic E-state index is 13.4. The van der Waals surface area contributed by atoms with E-state index in [1.165, 1.54) is 0 Å².